The Hall–Kier alpha value is -2.99. The lowest BCUT2D eigenvalue weighted by Crippen LogP contribution is -2.54. The number of carbonyl (C=O) groups excluding carboxylic acids is 1. The van der Waals surface area contributed by atoms with E-state index >= 15 is 0 Å². The zero-order valence-electron chi connectivity index (χ0n) is 16.3. The number of nitrogens with zero attached hydrogens (tertiary/aromatic N) is 1. The van der Waals surface area contributed by atoms with Crippen molar-refractivity contribution in [2.45, 2.75) is 36.5 Å². The summed E-state index contributed by atoms with van der Waals surface area (Å²) in [4.78, 5) is 22.7. The predicted molar refractivity (Wildman–Crippen MR) is 107 cm³/mol. The first-order valence-electron chi connectivity index (χ1n) is 9.41. The number of rotatable bonds is 7. The molecule has 1 fully saturated rings. The van der Waals surface area contributed by atoms with Crippen molar-refractivity contribution in [2.75, 3.05) is 6.54 Å². The molecule has 1 amide bonds. The van der Waals surface area contributed by atoms with Crippen molar-refractivity contribution in [2.24, 2.45) is 0 Å². The third kappa shape index (κ3) is 5.20. The van der Waals surface area contributed by atoms with E-state index in [4.69, 9.17) is 15.1 Å². The third-order valence-electron chi connectivity index (χ3n) is 4.98. The Morgan fingerprint density at radius 2 is 1.74 bits per heavy atom. The molecule has 4 N–H and O–H groups in total. The molecule has 10 nitrogen and oxygen atoms in total. The molecular formula is C20H22N2O8S. The number of carboxylic acid groups (broad SMARTS) is 1. The highest BCUT2D eigenvalue weighted by molar-refractivity contribution is 7.89. The average Bonchev–Trinajstić information content (AvgIpc) is 2.77. The molecule has 0 bridgehead atoms. The molecule has 1 aliphatic heterocycles. The second kappa shape index (κ2) is 9.43. The Balaban J connectivity index is 1.70. The number of carboxylic acids is 1. The van der Waals surface area contributed by atoms with Gasteiger partial charge in [0.15, 0.2) is 0 Å². The van der Waals surface area contributed by atoms with Crippen LogP contribution >= 0.6 is 0 Å². The number of aromatic carboxylic acids is 1. The van der Waals surface area contributed by atoms with Crippen molar-refractivity contribution in [3.63, 3.8) is 0 Å². The second-order valence-corrected chi connectivity index (χ2v) is 8.94. The van der Waals surface area contributed by atoms with E-state index in [2.05, 4.69) is 0 Å². The highest BCUT2D eigenvalue weighted by atomic mass is 32.2. The molecule has 31 heavy (non-hydrogen) atoms. The summed E-state index contributed by atoms with van der Waals surface area (Å²) >= 11 is 0. The molecule has 0 aromatic heterocycles. The number of hydrogen-bond acceptors (Lipinski definition) is 7. The van der Waals surface area contributed by atoms with Crippen molar-refractivity contribution in [3.05, 3.63) is 59.7 Å². The number of carbonyl (C=O) groups is 2. The van der Waals surface area contributed by atoms with Gasteiger partial charge in [0.05, 0.1) is 16.6 Å². The lowest BCUT2D eigenvalue weighted by molar-refractivity contribution is -0.135. The summed E-state index contributed by atoms with van der Waals surface area (Å²) in [5.41, 5.74) is 2.36. The zero-order chi connectivity index (χ0) is 22.6. The summed E-state index contributed by atoms with van der Waals surface area (Å²) < 4.78 is 32.6. The average molecular weight is 450 g/mol. The number of aliphatic hydroxyl groups is 1. The number of hydroxylamine groups is 1. The Labute approximate surface area is 178 Å². The topological polar surface area (TPSA) is 153 Å². The van der Waals surface area contributed by atoms with E-state index in [1.165, 1.54) is 41.9 Å². The minimum Gasteiger partial charge on any atom is -0.489 e. The minimum absolute atomic E-state index is 0.0576. The Morgan fingerprint density at radius 3 is 2.32 bits per heavy atom. The number of ether oxygens (including phenoxy) is 1. The molecule has 2 aromatic carbocycles. The highest BCUT2D eigenvalue weighted by Gasteiger charge is 2.40. The van der Waals surface area contributed by atoms with Gasteiger partial charge in [-0.1, -0.05) is 12.1 Å². The Morgan fingerprint density at radius 1 is 1.10 bits per heavy atom. The summed E-state index contributed by atoms with van der Waals surface area (Å²) in [5, 5.41) is 27.6. The van der Waals surface area contributed by atoms with Crippen molar-refractivity contribution in [3.8, 4) is 5.75 Å². The second-order valence-electron chi connectivity index (χ2n) is 7.05. The summed E-state index contributed by atoms with van der Waals surface area (Å²) in [7, 11) is -4.05. The van der Waals surface area contributed by atoms with Crippen LogP contribution in [0.2, 0.25) is 0 Å². The number of hydrogen-bond donors (Lipinski definition) is 4. The van der Waals surface area contributed by atoms with Gasteiger partial charge in [-0.2, -0.15) is 4.31 Å². The van der Waals surface area contributed by atoms with E-state index < -0.39 is 34.0 Å². The molecule has 0 spiro atoms. The summed E-state index contributed by atoms with van der Waals surface area (Å²) in [6, 6.07) is 10.6. The van der Waals surface area contributed by atoms with E-state index in [0.29, 0.717) is 5.75 Å². The zero-order valence-corrected chi connectivity index (χ0v) is 17.2. The van der Waals surface area contributed by atoms with Gasteiger partial charge in [-0.25, -0.2) is 18.7 Å². The van der Waals surface area contributed by atoms with Gasteiger partial charge >= 0.3 is 5.97 Å². The SMILES string of the molecule is O=C(O)c1ccc(COc2ccc(S(=O)(=O)N3CCC(O)CC3C(=O)NO)cc2)cc1. The molecule has 0 aliphatic carbocycles. The van der Waals surface area contributed by atoms with Crippen molar-refractivity contribution < 1.29 is 38.2 Å². The van der Waals surface area contributed by atoms with Gasteiger partial charge in [0.25, 0.3) is 5.91 Å². The molecule has 1 aliphatic rings. The molecule has 166 valence electrons. The van der Waals surface area contributed by atoms with Crippen LogP contribution in [0.4, 0.5) is 0 Å². The smallest absolute Gasteiger partial charge is 0.335 e. The molecule has 11 heteroatoms. The van der Waals surface area contributed by atoms with E-state index in [0.717, 1.165) is 9.87 Å². The van der Waals surface area contributed by atoms with Gasteiger partial charge in [0.2, 0.25) is 10.0 Å². The molecule has 3 rings (SSSR count). The molecule has 2 atom stereocenters. The van der Waals surface area contributed by atoms with Gasteiger partial charge in [0.1, 0.15) is 18.4 Å². The van der Waals surface area contributed by atoms with Gasteiger partial charge in [0, 0.05) is 6.54 Å². The van der Waals surface area contributed by atoms with Crippen LogP contribution in [0.1, 0.15) is 28.8 Å². The van der Waals surface area contributed by atoms with Crippen molar-refractivity contribution in [1.82, 2.24) is 9.79 Å². The fraction of sp³-hybridized carbons (Fsp3) is 0.300. The molecule has 0 saturated carbocycles. The fourth-order valence-corrected chi connectivity index (χ4v) is 4.89. The Kier molecular flexibility index (Phi) is 6.91. The number of nitrogens with one attached hydrogen (secondary N) is 1. The van der Waals surface area contributed by atoms with E-state index in [9.17, 15) is 23.1 Å². The van der Waals surface area contributed by atoms with Crippen LogP contribution in [-0.4, -0.2) is 58.7 Å². The van der Waals surface area contributed by atoms with Crippen molar-refractivity contribution in [1.29, 1.82) is 0 Å². The maximum absolute atomic E-state index is 13.0. The number of sulfonamides is 1. The normalized spacial score (nSPS) is 19.5. The van der Waals surface area contributed by atoms with Gasteiger partial charge in [-0.05, 0) is 54.8 Å². The maximum Gasteiger partial charge on any atom is 0.335 e. The van der Waals surface area contributed by atoms with Crippen LogP contribution in [0.15, 0.2) is 53.4 Å². The fourth-order valence-electron chi connectivity index (χ4n) is 3.28. The van der Waals surface area contributed by atoms with Crippen LogP contribution in [0, 0.1) is 0 Å². The summed E-state index contributed by atoms with van der Waals surface area (Å²) in [5.74, 6) is -1.53. The minimum atomic E-state index is -4.05. The molecule has 0 radical (unpaired) electrons. The number of aliphatic hydroxyl groups excluding tert-OH is 1. The largest absolute Gasteiger partial charge is 0.489 e. The monoisotopic (exact) mass is 450 g/mol. The van der Waals surface area contributed by atoms with E-state index in [1.54, 1.807) is 12.1 Å². The first-order valence-corrected chi connectivity index (χ1v) is 10.9. The predicted octanol–water partition coefficient (Wildman–Crippen LogP) is 0.983. The molecule has 2 unspecified atom stereocenters. The van der Waals surface area contributed by atoms with Crippen LogP contribution in [-0.2, 0) is 21.4 Å². The Bertz CT molecular complexity index is 1040. The lowest BCUT2D eigenvalue weighted by atomic mass is 10.0. The van der Waals surface area contributed by atoms with Gasteiger partial charge in [-0.3, -0.25) is 10.0 Å². The molecule has 2 aromatic rings. The quantitative estimate of drug-likeness (QED) is 0.360. The first-order chi connectivity index (χ1) is 14.7. The standard InChI is InChI=1S/C20H22N2O8S/c23-15-9-10-22(18(11-15)19(24)21-27)31(28,29)17-7-5-16(6-8-17)30-12-13-1-3-14(4-2-13)20(25)26/h1-8,15,18,23,27H,9-12H2,(H,21,24)(H,25,26). The number of benzene rings is 2. The van der Waals surface area contributed by atoms with Crippen LogP contribution in [0.5, 0.6) is 5.75 Å². The molecular weight excluding hydrogens is 428 g/mol. The maximum atomic E-state index is 13.0. The highest BCUT2D eigenvalue weighted by Crippen LogP contribution is 2.27. The van der Waals surface area contributed by atoms with E-state index in [1.807, 2.05) is 0 Å². The van der Waals surface area contributed by atoms with Crippen molar-refractivity contribution >= 4 is 21.9 Å². The number of amides is 1. The summed E-state index contributed by atoms with van der Waals surface area (Å²) in [6.07, 6.45) is -0.779. The van der Waals surface area contributed by atoms with Crippen LogP contribution in [0.25, 0.3) is 0 Å². The number of piperidine rings is 1. The van der Waals surface area contributed by atoms with Gasteiger partial charge < -0.3 is 14.9 Å². The van der Waals surface area contributed by atoms with Gasteiger partial charge in [-0.15, -0.1) is 0 Å². The molecule has 1 heterocycles. The first kappa shape index (κ1) is 22.7. The summed E-state index contributed by atoms with van der Waals surface area (Å²) in [6.45, 7) is 0.0981. The third-order valence-corrected chi connectivity index (χ3v) is 6.90. The van der Waals surface area contributed by atoms with E-state index in [-0.39, 0.29) is 36.5 Å². The lowest BCUT2D eigenvalue weighted by Gasteiger charge is -2.35. The molecule has 1 saturated heterocycles. The van der Waals surface area contributed by atoms with Crippen LogP contribution in [0.3, 0.4) is 0 Å². The van der Waals surface area contributed by atoms with Crippen LogP contribution < -0.4 is 10.2 Å².